The molecule has 0 radical (unpaired) electrons. The molecule has 1 aromatic carbocycles. The van der Waals surface area contributed by atoms with Crippen molar-refractivity contribution in [1.82, 2.24) is 4.90 Å². The molecule has 0 spiro atoms. The van der Waals surface area contributed by atoms with Gasteiger partial charge in [0.25, 0.3) is 15.0 Å². The first-order valence-electron chi connectivity index (χ1n) is 6.76. The Labute approximate surface area is 128 Å². The van der Waals surface area contributed by atoms with E-state index in [9.17, 15) is 17.6 Å². The fourth-order valence-electron chi connectivity index (χ4n) is 2.73. The highest BCUT2D eigenvalue weighted by Crippen LogP contribution is 2.27. The molecule has 116 valence electrons. The summed E-state index contributed by atoms with van der Waals surface area (Å²) in [5.74, 6) is -0.853. The van der Waals surface area contributed by atoms with Crippen molar-refractivity contribution in [3.8, 4) is 0 Å². The standard InChI is InChI=1S/C14H17ClFNO3S/c1-9(2)13-4-3-5-17(13)14(18)10-6-11(16)8-12(7-10)21(15,19)20/h6-9,13H,3-5H2,1-2H3. The van der Waals surface area contributed by atoms with Crippen molar-refractivity contribution in [2.45, 2.75) is 37.6 Å². The Morgan fingerprint density at radius 2 is 2.05 bits per heavy atom. The van der Waals surface area contributed by atoms with Crippen LogP contribution in [0, 0.1) is 11.7 Å². The second-order valence-electron chi connectivity index (χ2n) is 5.57. The van der Waals surface area contributed by atoms with E-state index >= 15 is 0 Å². The summed E-state index contributed by atoms with van der Waals surface area (Å²) >= 11 is 0. The maximum absolute atomic E-state index is 13.6. The molecule has 0 saturated carbocycles. The number of likely N-dealkylation sites (tertiary alicyclic amines) is 1. The first kappa shape index (κ1) is 16.2. The molecule has 0 aromatic heterocycles. The topological polar surface area (TPSA) is 54.5 Å². The van der Waals surface area contributed by atoms with Crippen LogP contribution in [0.3, 0.4) is 0 Å². The van der Waals surface area contributed by atoms with E-state index in [-0.39, 0.29) is 17.5 Å². The fourth-order valence-corrected chi connectivity index (χ4v) is 3.52. The number of benzene rings is 1. The maximum Gasteiger partial charge on any atom is 0.261 e. The molecule has 1 aromatic rings. The first-order chi connectivity index (χ1) is 9.70. The zero-order chi connectivity index (χ0) is 15.8. The number of nitrogens with zero attached hydrogens (tertiary/aromatic N) is 1. The summed E-state index contributed by atoms with van der Waals surface area (Å²) in [7, 11) is 1.15. The molecule has 1 saturated heterocycles. The smallest absolute Gasteiger partial charge is 0.261 e. The van der Waals surface area contributed by atoms with E-state index in [1.54, 1.807) is 4.90 Å². The van der Waals surface area contributed by atoms with Crippen LogP contribution in [0.1, 0.15) is 37.0 Å². The molecule has 1 unspecified atom stereocenters. The van der Waals surface area contributed by atoms with Crippen molar-refractivity contribution >= 4 is 25.6 Å². The van der Waals surface area contributed by atoms with Gasteiger partial charge in [0.2, 0.25) is 0 Å². The average Bonchev–Trinajstić information content (AvgIpc) is 2.85. The van der Waals surface area contributed by atoms with Crippen molar-refractivity contribution in [3.63, 3.8) is 0 Å². The molecular formula is C14H17ClFNO3S. The van der Waals surface area contributed by atoms with Crippen LogP contribution in [0.4, 0.5) is 4.39 Å². The lowest BCUT2D eigenvalue weighted by Gasteiger charge is -2.27. The Kier molecular flexibility index (Phi) is 4.58. The van der Waals surface area contributed by atoms with Crippen molar-refractivity contribution in [3.05, 3.63) is 29.6 Å². The van der Waals surface area contributed by atoms with Crippen molar-refractivity contribution in [1.29, 1.82) is 0 Å². The highest BCUT2D eigenvalue weighted by atomic mass is 35.7. The molecule has 2 rings (SSSR count). The van der Waals surface area contributed by atoms with E-state index < -0.39 is 19.8 Å². The molecule has 0 N–H and O–H groups in total. The molecule has 21 heavy (non-hydrogen) atoms. The minimum atomic E-state index is -4.07. The monoisotopic (exact) mass is 333 g/mol. The van der Waals surface area contributed by atoms with Crippen molar-refractivity contribution < 1.29 is 17.6 Å². The van der Waals surface area contributed by atoms with Gasteiger partial charge in [-0.05, 0) is 37.0 Å². The zero-order valence-electron chi connectivity index (χ0n) is 11.8. The SMILES string of the molecule is CC(C)C1CCCN1C(=O)c1cc(F)cc(S(=O)(=O)Cl)c1. The van der Waals surface area contributed by atoms with E-state index in [1.807, 2.05) is 13.8 Å². The van der Waals surface area contributed by atoms with Crippen LogP contribution in [0.5, 0.6) is 0 Å². The number of hydrogen-bond donors (Lipinski definition) is 0. The second-order valence-corrected chi connectivity index (χ2v) is 8.13. The van der Waals surface area contributed by atoms with Gasteiger partial charge in [0.1, 0.15) is 5.82 Å². The molecule has 1 fully saturated rings. The molecule has 0 aliphatic carbocycles. The predicted octanol–water partition coefficient (Wildman–Crippen LogP) is 3.01. The molecule has 1 atom stereocenters. The van der Waals surface area contributed by atoms with E-state index in [4.69, 9.17) is 10.7 Å². The Bertz CT molecular complexity index is 660. The van der Waals surface area contributed by atoms with Crippen LogP contribution >= 0.6 is 10.7 Å². The maximum atomic E-state index is 13.6. The highest BCUT2D eigenvalue weighted by molar-refractivity contribution is 8.13. The Morgan fingerprint density at radius 3 is 2.62 bits per heavy atom. The van der Waals surface area contributed by atoms with Crippen LogP contribution < -0.4 is 0 Å². The van der Waals surface area contributed by atoms with Crippen LogP contribution in [-0.2, 0) is 9.05 Å². The number of halogens is 2. The summed E-state index contributed by atoms with van der Waals surface area (Å²) in [4.78, 5) is 13.8. The predicted molar refractivity (Wildman–Crippen MR) is 78.3 cm³/mol. The third kappa shape index (κ3) is 3.55. The van der Waals surface area contributed by atoms with Crippen LogP contribution in [0.15, 0.2) is 23.1 Å². The Morgan fingerprint density at radius 1 is 1.38 bits per heavy atom. The molecule has 0 bridgehead atoms. The Hall–Kier alpha value is -1.14. The summed E-state index contributed by atoms with van der Waals surface area (Å²) in [5, 5.41) is 0. The van der Waals surface area contributed by atoms with Gasteiger partial charge in [-0.25, -0.2) is 12.8 Å². The largest absolute Gasteiger partial charge is 0.335 e. The van der Waals surface area contributed by atoms with Gasteiger partial charge < -0.3 is 4.90 Å². The van der Waals surface area contributed by atoms with E-state index in [1.165, 1.54) is 0 Å². The lowest BCUT2D eigenvalue weighted by Crippen LogP contribution is -2.38. The molecule has 4 nitrogen and oxygen atoms in total. The normalized spacial score (nSPS) is 19.3. The van der Waals surface area contributed by atoms with E-state index in [0.717, 1.165) is 31.0 Å². The van der Waals surface area contributed by atoms with Crippen LogP contribution in [0.2, 0.25) is 0 Å². The summed E-state index contributed by atoms with van der Waals surface area (Å²) in [5.41, 5.74) is 0.0155. The van der Waals surface area contributed by atoms with Gasteiger partial charge in [0, 0.05) is 28.8 Å². The average molecular weight is 334 g/mol. The number of carbonyl (C=O) groups excluding carboxylic acids is 1. The van der Waals surface area contributed by atoms with Gasteiger partial charge in [0.05, 0.1) is 4.90 Å². The molecule has 1 aliphatic rings. The minimum Gasteiger partial charge on any atom is -0.335 e. The third-order valence-corrected chi connectivity index (χ3v) is 5.06. The fraction of sp³-hybridized carbons (Fsp3) is 0.500. The van der Waals surface area contributed by atoms with Gasteiger partial charge in [-0.2, -0.15) is 0 Å². The minimum absolute atomic E-state index is 0.0155. The summed E-state index contributed by atoms with van der Waals surface area (Å²) < 4.78 is 36.2. The lowest BCUT2D eigenvalue weighted by atomic mass is 10.0. The Balaban J connectivity index is 2.38. The first-order valence-corrected chi connectivity index (χ1v) is 9.07. The van der Waals surface area contributed by atoms with Gasteiger partial charge in [-0.3, -0.25) is 4.79 Å². The highest BCUT2D eigenvalue weighted by Gasteiger charge is 2.32. The van der Waals surface area contributed by atoms with Crippen molar-refractivity contribution in [2.24, 2.45) is 5.92 Å². The second kappa shape index (κ2) is 5.93. The van der Waals surface area contributed by atoms with Gasteiger partial charge in [-0.15, -0.1) is 0 Å². The molecular weight excluding hydrogens is 317 g/mol. The third-order valence-electron chi connectivity index (χ3n) is 3.73. The molecule has 1 aliphatic heterocycles. The van der Waals surface area contributed by atoms with Crippen LogP contribution in [0.25, 0.3) is 0 Å². The summed E-state index contributed by atoms with van der Waals surface area (Å²) in [6.07, 6.45) is 1.80. The number of amides is 1. The van der Waals surface area contributed by atoms with Gasteiger partial charge in [0.15, 0.2) is 0 Å². The zero-order valence-corrected chi connectivity index (χ0v) is 13.4. The molecule has 7 heteroatoms. The molecule has 1 heterocycles. The summed E-state index contributed by atoms with van der Waals surface area (Å²) in [6, 6.07) is 3.08. The van der Waals surface area contributed by atoms with Crippen LogP contribution in [-0.4, -0.2) is 31.8 Å². The van der Waals surface area contributed by atoms with E-state index in [2.05, 4.69) is 0 Å². The quantitative estimate of drug-likeness (QED) is 0.799. The van der Waals surface area contributed by atoms with Crippen molar-refractivity contribution in [2.75, 3.05) is 6.54 Å². The summed E-state index contributed by atoms with van der Waals surface area (Å²) in [6.45, 7) is 4.65. The van der Waals surface area contributed by atoms with E-state index in [0.29, 0.717) is 12.5 Å². The number of hydrogen-bond acceptors (Lipinski definition) is 3. The lowest BCUT2D eigenvalue weighted by molar-refractivity contribution is 0.0701. The van der Waals surface area contributed by atoms with Gasteiger partial charge >= 0.3 is 0 Å². The molecule has 1 amide bonds. The van der Waals surface area contributed by atoms with Gasteiger partial charge in [-0.1, -0.05) is 13.8 Å². The number of carbonyl (C=O) groups is 1. The number of rotatable bonds is 3.